The number of halogens is 3. The summed E-state index contributed by atoms with van der Waals surface area (Å²) >= 11 is 0. The molecule has 0 saturated carbocycles. The number of rotatable bonds is 4. The summed E-state index contributed by atoms with van der Waals surface area (Å²) in [6, 6.07) is 4.66. The van der Waals surface area contributed by atoms with Crippen molar-refractivity contribution < 1.29 is 18.0 Å². The molecule has 0 bridgehead atoms. The van der Waals surface area contributed by atoms with E-state index in [9.17, 15) is 22.8 Å². The molecule has 6 nitrogen and oxygen atoms in total. The van der Waals surface area contributed by atoms with Crippen LogP contribution in [0.1, 0.15) is 17.9 Å². The summed E-state index contributed by atoms with van der Waals surface area (Å²) in [5, 5.41) is 0. The number of hydrogen-bond donors (Lipinski definition) is 0. The van der Waals surface area contributed by atoms with Crippen molar-refractivity contribution in [2.75, 3.05) is 13.6 Å². The van der Waals surface area contributed by atoms with Crippen LogP contribution >= 0.6 is 0 Å². The highest BCUT2D eigenvalue weighted by atomic mass is 19.4. The molecule has 0 saturated heterocycles. The zero-order valence-corrected chi connectivity index (χ0v) is 14.2. The van der Waals surface area contributed by atoms with Gasteiger partial charge >= 0.3 is 6.18 Å². The van der Waals surface area contributed by atoms with Crippen molar-refractivity contribution in [3.63, 3.8) is 0 Å². The molecule has 26 heavy (non-hydrogen) atoms. The quantitative estimate of drug-likeness (QED) is 0.827. The van der Waals surface area contributed by atoms with E-state index in [1.54, 1.807) is 25.4 Å². The lowest BCUT2D eigenvalue weighted by molar-refractivity contribution is -0.141. The summed E-state index contributed by atoms with van der Waals surface area (Å²) in [5.41, 5.74) is -1.13. The summed E-state index contributed by atoms with van der Waals surface area (Å²) in [5.74, 6) is 0.253. The Morgan fingerprint density at radius 3 is 2.85 bits per heavy atom. The van der Waals surface area contributed by atoms with Crippen molar-refractivity contribution in [1.29, 1.82) is 0 Å². The molecule has 2 aromatic heterocycles. The second-order valence-electron chi connectivity index (χ2n) is 6.54. The van der Waals surface area contributed by atoms with Gasteiger partial charge in [0.15, 0.2) is 5.69 Å². The first-order chi connectivity index (χ1) is 12.2. The first-order valence-corrected chi connectivity index (χ1v) is 8.26. The van der Waals surface area contributed by atoms with E-state index >= 15 is 0 Å². The first-order valence-electron chi connectivity index (χ1n) is 8.26. The molecule has 0 N–H and O–H groups in total. The van der Waals surface area contributed by atoms with Crippen LogP contribution in [0.4, 0.5) is 13.2 Å². The highest BCUT2D eigenvalue weighted by Crippen LogP contribution is 2.30. The third kappa shape index (κ3) is 3.97. The highest BCUT2D eigenvalue weighted by molar-refractivity contribution is 5.75. The highest BCUT2D eigenvalue weighted by Gasteiger charge is 2.36. The molecule has 3 rings (SSSR count). The van der Waals surface area contributed by atoms with E-state index in [1.165, 1.54) is 20.1 Å². The maximum Gasteiger partial charge on any atom is 0.434 e. The number of aryl methyl sites for hydroxylation is 1. The van der Waals surface area contributed by atoms with Gasteiger partial charge in [0.1, 0.15) is 12.4 Å². The van der Waals surface area contributed by atoms with Gasteiger partial charge in [-0.1, -0.05) is 6.07 Å². The zero-order valence-electron chi connectivity index (χ0n) is 14.2. The molecule has 0 radical (unpaired) electrons. The molecule has 2 aromatic rings. The zero-order chi connectivity index (χ0) is 18.9. The Morgan fingerprint density at radius 1 is 1.38 bits per heavy atom. The van der Waals surface area contributed by atoms with Crippen molar-refractivity contribution in [2.45, 2.75) is 32.1 Å². The van der Waals surface area contributed by atoms with Crippen LogP contribution < -0.4 is 5.56 Å². The first kappa shape index (κ1) is 18.2. The van der Waals surface area contributed by atoms with Gasteiger partial charge < -0.3 is 14.0 Å². The van der Waals surface area contributed by atoms with Crippen molar-refractivity contribution in [3.05, 3.63) is 52.5 Å². The van der Waals surface area contributed by atoms with Crippen LogP contribution in [-0.4, -0.2) is 38.5 Å². The number of fused-ring (bicyclic) bond motifs is 1. The molecule has 3 heterocycles. The van der Waals surface area contributed by atoms with E-state index in [1.807, 2.05) is 0 Å². The minimum Gasteiger partial charge on any atom is -0.344 e. The third-order valence-electron chi connectivity index (χ3n) is 4.54. The molecule has 9 heteroatoms. The Labute approximate surface area is 147 Å². The maximum absolute atomic E-state index is 12.8. The minimum absolute atomic E-state index is 0.0410. The van der Waals surface area contributed by atoms with Crippen LogP contribution in [0.15, 0.2) is 35.4 Å². The number of carbonyl (C=O) groups is 1. The molecule has 0 fully saturated rings. The number of alkyl halides is 3. The molecule has 1 aliphatic heterocycles. The fourth-order valence-corrected chi connectivity index (χ4v) is 3.15. The third-order valence-corrected chi connectivity index (χ3v) is 4.54. The van der Waals surface area contributed by atoms with Crippen LogP contribution in [0, 0.1) is 5.92 Å². The summed E-state index contributed by atoms with van der Waals surface area (Å²) in [4.78, 5) is 29.2. The van der Waals surface area contributed by atoms with E-state index in [0.29, 0.717) is 31.8 Å². The molecule has 1 amide bonds. The predicted molar refractivity (Wildman–Crippen MR) is 87.4 cm³/mol. The number of likely N-dealkylation sites (N-methyl/N-ethyl adjacent to an activating group) is 1. The number of hydrogen-bond acceptors (Lipinski definition) is 3. The number of amides is 1. The summed E-state index contributed by atoms with van der Waals surface area (Å²) in [6.45, 7) is 0.748. The number of aromatic nitrogens is 3. The summed E-state index contributed by atoms with van der Waals surface area (Å²) in [7, 11) is 1.64. The molecular formula is C17H19F3N4O2. The van der Waals surface area contributed by atoms with Gasteiger partial charge in [-0.15, -0.1) is 0 Å². The molecule has 0 unspecified atom stereocenters. The lowest BCUT2D eigenvalue weighted by Gasteiger charge is -2.28. The van der Waals surface area contributed by atoms with Crippen molar-refractivity contribution in [1.82, 2.24) is 19.0 Å². The largest absolute Gasteiger partial charge is 0.434 e. The van der Waals surface area contributed by atoms with E-state index in [0.717, 1.165) is 6.20 Å². The monoisotopic (exact) mass is 368 g/mol. The lowest BCUT2D eigenvalue weighted by Crippen LogP contribution is -2.38. The van der Waals surface area contributed by atoms with Gasteiger partial charge in [-0.05, 0) is 18.4 Å². The van der Waals surface area contributed by atoms with Gasteiger partial charge in [0.05, 0.1) is 0 Å². The van der Waals surface area contributed by atoms with Crippen molar-refractivity contribution in [2.24, 2.45) is 5.92 Å². The number of carbonyl (C=O) groups excluding carboxylic acids is 1. The molecule has 0 spiro atoms. The van der Waals surface area contributed by atoms with Gasteiger partial charge in [-0.25, -0.2) is 4.98 Å². The van der Waals surface area contributed by atoms with Gasteiger partial charge in [0, 0.05) is 45.0 Å². The van der Waals surface area contributed by atoms with Gasteiger partial charge in [0.2, 0.25) is 5.91 Å². The van der Waals surface area contributed by atoms with E-state index in [4.69, 9.17) is 0 Å². The van der Waals surface area contributed by atoms with Gasteiger partial charge in [-0.2, -0.15) is 13.2 Å². The predicted octanol–water partition coefficient (Wildman–Crippen LogP) is 1.78. The van der Waals surface area contributed by atoms with Crippen LogP contribution in [-0.2, 0) is 30.5 Å². The van der Waals surface area contributed by atoms with Crippen LogP contribution in [0.5, 0.6) is 0 Å². The average Bonchev–Trinajstić information content (AvgIpc) is 3.00. The Hall–Kier alpha value is -2.58. The lowest BCUT2D eigenvalue weighted by atomic mass is 9.99. The minimum atomic E-state index is -4.45. The van der Waals surface area contributed by atoms with Gasteiger partial charge in [-0.3, -0.25) is 9.59 Å². The summed E-state index contributed by atoms with van der Waals surface area (Å²) in [6.07, 6.45) is -0.758. The Kier molecular flexibility index (Phi) is 4.88. The van der Waals surface area contributed by atoms with Crippen LogP contribution in [0.2, 0.25) is 0 Å². The molecule has 1 aliphatic rings. The van der Waals surface area contributed by atoms with Crippen LogP contribution in [0.3, 0.4) is 0 Å². The molecular weight excluding hydrogens is 349 g/mol. The SMILES string of the molecule is CN(C[C@H]1CCc2nc(C(F)(F)F)cn2C1)C(=O)Cn1ccccc1=O. The summed E-state index contributed by atoms with van der Waals surface area (Å²) < 4.78 is 41.2. The van der Waals surface area contributed by atoms with E-state index in [-0.39, 0.29) is 23.9 Å². The van der Waals surface area contributed by atoms with Crippen molar-refractivity contribution >= 4 is 5.91 Å². The van der Waals surface area contributed by atoms with E-state index in [2.05, 4.69) is 4.98 Å². The normalized spacial score (nSPS) is 17.0. The molecule has 0 aromatic carbocycles. The number of pyridine rings is 1. The molecule has 140 valence electrons. The Bertz CT molecular complexity index is 856. The second-order valence-corrected chi connectivity index (χ2v) is 6.54. The maximum atomic E-state index is 12.8. The number of imidazole rings is 1. The van der Waals surface area contributed by atoms with E-state index < -0.39 is 11.9 Å². The fraction of sp³-hybridized carbons (Fsp3) is 0.471. The van der Waals surface area contributed by atoms with Gasteiger partial charge in [0.25, 0.3) is 5.56 Å². The Morgan fingerprint density at radius 2 is 2.15 bits per heavy atom. The Balaban J connectivity index is 1.61. The molecule has 0 aliphatic carbocycles. The smallest absolute Gasteiger partial charge is 0.344 e. The fourth-order valence-electron chi connectivity index (χ4n) is 3.15. The second kappa shape index (κ2) is 6.97. The van der Waals surface area contributed by atoms with Crippen molar-refractivity contribution in [3.8, 4) is 0 Å². The standard InChI is InChI=1S/C17H19F3N4O2/c1-22(16(26)11-23-7-3-2-4-15(23)25)8-12-5-6-14-21-13(17(18,19)20)10-24(14)9-12/h2-4,7,10,12H,5-6,8-9,11H2,1H3/t12-/m1/s1. The topological polar surface area (TPSA) is 60.1 Å². The number of nitrogens with zero attached hydrogens (tertiary/aromatic N) is 4. The van der Waals surface area contributed by atoms with Crippen LogP contribution in [0.25, 0.3) is 0 Å². The molecule has 1 atom stereocenters. The average molecular weight is 368 g/mol.